The van der Waals surface area contributed by atoms with Crippen LogP contribution in [-0.2, 0) is 9.53 Å². The lowest BCUT2D eigenvalue weighted by Gasteiger charge is -2.26. The normalized spacial score (nSPS) is 22.1. The van der Waals surface area contributed by atoms with Crippen molar-refractivity contribution < 1.29 is 9.53 Å². The summed E-state index contributed by atoms with van der Waals surface area (Å²) in [5.74, 6) is -0.293. The van der Waals surface area contributed by atoms with Crippen LogP contribution >= 0.6 is 0 Å². The second-order valence-corrected chi connectivity index (χ2v) is 2.82. The molecule has 1 aliphatic heterocycles. The molecule has 0 aromatic heterocycles. The van der Waals surface area contributed by atoms with Gasteiger partial charge in [0.05, 0.1) is 0 Å². The summed E-state index contributed by atoms with van der Waals surface area (Å²) in [5, 5.41) is 3.13. The minimum atomic E-state index is -0.293. The first-order valence-electron chi connectivity index (χ1n) is 3.76. The predicted octanol–water partition coefficient (Wildman–Crippen LogP) is 0.468. The van der Waals surface area contributed by atoms with Crippen molar-refractivity contribution in [1.29, 1.82) is 0 Å². The molecule has 1 fully saturated rings. The molecule has 0 radical (unpaired) electrons. The highest BCUT2D eigenvalue weighted by molar-refractivity contribution is 5.86. The van der Waals surface area contributed by atoms with E-state index in [9.17, 15) is 4.79 Å². The summed E-state index contributed by atoms with van der Waals surface area (Å²) in [4.78, 5) is 10.8. The average molecular weight is 155 g/mol. The van der Waals surface area contributed by atoms with Gasteiger partial charge in [-0.25, -0.2) is 4.79 Å². The van der Waals surface area contributed by atoms with E-state index >= 15 is 0 Å². The van der Waals surface area contributed by atoms with Crippen molar-refractivity contribution in [3.8, 4) is 0 Å². The lowest BCUT2D eigenvalue weighted by Crippen LogP contribution is -2.46. The Morgan fingerprint density at radius 2 is 2.45 bits per heavy atom. The molecule has 0 saturated carbocycles. The second-order valence-electron chi connectivity index (χ2n) is 2.82. The molecule has 1 unspecified atom stereocenters. The molecule has 0 amide bonds. The summed E-state index contributed by atoms with van der Waals surface area (Å²) in [5.41, 5.74) is 0.462. The van der Waals surface area contributed by atoms with Gasteiger partial charge < -0.3 is 10.1 Å². The van der Waals surface area contributed by atoms with Gasteiger partial charge in [0, 0.05) is 11.6 Å². The standard InChI is InChI=1S/C8H13NO2/c1-6(2)8(10)11-5-7-3-4-9-7/h7,9H,1,3-5H2,2H3. The fraction of sp³-hybridized carbons (Fsp3) is 0.625. The molecule has 0 aromatic carbocycles. The molecule has 62 valence electrons. The number of ether oxygens (including phenoxy) is 1. The van der Waals surface area contributed by atoms with Crippen molar-refractivity contribution >= 4 is 5.97 Å². The van der Waals surface area contributed by atoms with Crippen LogP contribution in [0.4, 0.5) is 0 Å². The summed E-state index contributed by atoms with van der Waals surface area (Å²) in [7, 11) is 0. The predicted molar refractivity (Wildman–Crippen MR) is 42.2 cm³/mol. The number of carbonyl (C=O) groups is 1. The molecule has 1 rings (SSSR count). The van der Waals surface area contributed by atoms with Gasteiger partial charge in [0.1, 0.15) is 6.61 Å². The Labute approximate surface area is 66.4 Å². The smallest absolute Gasteiger partial charge is 0.333 e. The minimum absolute atomic E-state index is 0.293. The van der Waals surface area contributed by atoms with Gasteiger partial charge in [-0.15, -0.1) is 0 Å². The molecule has 11 heavy (non-hydrogen) atoms. The second kappa shape index (κ2) is 3.53. The largest absolute Gasteiger partial charge is 0.461 e. The summed E-state index contributed by atoms with van der Waals surface area (Å²) in [6.07, 6.45) is 1.10. The molecule has 0 bridgehead atoms. The first-order valence-corrected chi connectivity index (χ1v) is 3.76. The van der Waals surface area contributed by atoms with Gasteiger partial charge in [0.2, 0.25) is 0 Å². The highest BCUT2D eigenvalue weighted by Crippen LogP contribution is 2.03. The van der Waals surface area contributed by atoms with Crippen LogP contribution in [0.5, 0.6) is 0 Å². The van der Waals surface area contributed by atoms with Crippen LogP contribution in [-0.4, -0.2) is 25.2 Å². The first-order chi connectivity index (χ1) is 5.20. The average Bonchev–Trinajstić information content (AvgIpc) is 1.83. The van der Waals surface area contributed by atoms with Crippen LogP contribution in [0.2, 0.25) is 0 Å². The fourth-order valence-electron chi connectivity index (χ4n) is 0.790. The molecule has 3 heteroatoms. The highest BCUT2D eigenvalue weighted by Gasteiger charge is 2.17. The van der Waals surface area contributed by atoms with E-state index in [1.54, 1.807) is 6.92 Å². The molecule has 0 spiro atoms. The maximum atomic E-state index is 10.8. The van der Waals surface area contributed by atoms with Crippen LogP contribution < -0.4 is 5.32 Å². The molecule has 1 atom stereocenters. The molecular formula is C8H13NO2. The fourth-order valence-corrected chi connectivity index (χ4v) is 0.790. The Morgan fingerprint density at radius 1 is 1.82 bits per heavy atom. The number of carbonyl (C=O) groups excluding carboxylic acids is 1. The Hall–Kier alpha value is -0.830. The van der Waals surface area contributed by atoms with Crippen molar-refractivity contribution in [2.75, 3.05) is 13.2 Å². The Balaban J connectivity index is 2.10. The number of hydrogen-bond acceptors (Lipinski definition) is 3. The van der Waals surface area contributed by atoms with Crippen molar-refractivity contribution in [1.82, 2.24) is 5.32 Å². The van der Waals surface area contributed by atoms with Crippen molar-refractivity contribution in [3.63, 3.8) is 0 Å². The lowest BCUT2D eigenvalue weighted by atomic mass is 10.1. The molecule has 1 heterocycles. The number of nitrogens with one attached hydrogen (secondary N) is 1. The summed E-state index contributed by atoms with van der Waals surface area (Å²) < 4.78 is 4.91. The van der Waals surface area contributed by atoms with Crippen LogP contribution in [0.1, 0.15) is 13.3 Å². The number of rotatable bonds is 3. The zero-order valence-electron chi connectivity index (χ0n) is 6.72. The van der Waals surface area contributed by atoms with Crippen LogP contribution in [0.25, 0.3) is 0 Å². The first kappa shape index (κ1) is 8.27. The highest BCUT2D eigenvalue weighted by atomic mass is 16.5. The van der Waals surface area contributed by atoms with E-state index in [-0.39, 0.29) is 5.97 Å². The number of hydrogen-bond donors (Lipinski definition) is 1. The minimum Gasteiger partial charge on any atom is -0.461 e. The zero-order valence-corrected chi connectivity index (χ0v) is 6.72. The monoisotopic (exact) mass is 155 g/mol. The van der Waals surface area contributed by atoms with Crippen LogP contribution in [0.3, 0.4) is 0 Å². The van der Waals surface area contributed by atoms with Gasteiger partial charge in [0.15, 0.2) is 0 Å². The molecule has 1 saturated heterocycles. The van der Waals surface area contributed by atoms with Gasteiger partial charge in [-0.3, -0.25) is 0 Å². The van der Waals surface area contributed by atoms with Crippen molar-refractivity contribution in [2.45, 2.75) is 19.4 Å². The molecular weight excluding hydrogens is 142 g/mol. The number of esters is 1. The maximum Gasteiger partial charge on any atom is 0.333 e. The third-order valence-electron chi connectivity index (χ3n) is 1.69. The Bertz CT molecular complexity index is 173. The summed E-state index contributed by atoms with van der Waals surface area (Å²) in [6, 6.07) is 0.373. The quantitative estimate of drug-likeness (QED) is 0.475. The lowest BCUT2D eigenvalue weighted by molar-refractivity contribution is -0.140. The van der Waals surface area contributed by atoms with Crippen molar-refractivity contribution in [3.05, 3.63) is 12.2 Å². The topological polar surface area (TPSA) is 38.3 Å². The van der Waals surface area contributed by atoms with E-state index < -0.39 is 0 Å². The van der Waals surface area contributed by atoms with E-state index in [2.05, 4.69) is 11.9 Å². The molecule has 1 aliphatic rings. The van der Waals surface area contributed by atoms with Crippen LogP contribution in [0, 0.1) is 0 Å². The summed E-state index contributed by atoms with van der Waals surface area (Å²) >= 11 is 0. The Morgan fingerprint density at radius 3 is 2.82 bits per heavy atom. The van der Waals surface area contributed by atoms with Crippen molar-refractivity contribution in [2.24, 2.45) is 0 Å². The molecule has 0 aromatic rings. The Kier molecular flexibility index (Phi) is 2.65. The zero-order chi connectivity index (χ0) is 8.27. The van der Waals surface area contributed by atoms with Gasteiger partial charge in [-0.2, -0.15) is 0 Å². The third-order valence-corrected chi connectivity index (χ3v) is 1.69. The molecule has 1 N–H and O–H groups in total. The van der Waals surface area contributed by atoms with E-state index in [4.69, 9.17) is 4.74 Å². The summed E-state index contributed by atoms with van der Waals surface area (Å²) in [6.45, 7) is 6.65. The van der Waals surface area contributed by atoms with E-state index in [1.165, 1.54) is 0 Å². The molecule has 0 aliphatic carbocycles. The van der Waals surface area contributed by atoms with Gasteiger partial charge >= 0.3 is 5.97 Å². The SMILES string of the molecule is C=C(C)C(=O)OCC1CCN1. The van der Waals surface area contributed by atoms with E-state index in [0.717, 1.165) is 13.0 Å². The maximum absolute atomic E-state index is 10.8. The van der Waals surface area contributed by atoms with Gasteiger partial charge in [-0.05, 0) is 19.9 Å². The van der Waals surface area contributed by atoms with Gasteiger partial charge in [-0.1, -0.05) is 6.58 Å². The van der Waals surface area contributed by atoms with E-state index in [0.29, 0.717) is 18.2 Å². The van der Waals surface area contributed by atoms with E-state index in [1.807, 2.05) is 0 Å². The third kappa shape index (κ3) is 2.35. The van der Waals surface area contributed by atoms with Gasteiger partial charge in [0.25, 0.3) is 0 Å². The van der Waals surface area contributed by atoms with Crippen LogP contribution in [0.15, 0.2) is 12.2 Å². The molecule has 3 nitrogen and oxygen atoms in total.